The summed E-state index contributed by atoms with van der Waals surface area (Å²) in [5.41, 5.74) is 0. The van der Waals surface area contributed by atoms with Crippen molar-refractivity contribution in [1.82, 2.24) is 0 Å². The molecule has 1 fully saturated rings. The van der Waals surface area contributed by atoms with Crippen LogP contribution in [-0.2, 0) is 9.47 Å². The number of rotatable bonds is 19. The van der Waals surface area contributed by atoms with E-state index in [1.165, 1.54) is 89.9 Å². The van der Waals surface area contributed by atoms with E-state index in [1.54, 1.807) is 0 Å². The molecule has 30 heavy (non-hydrogen) atoms. The Balaban J connectivity index is 1.77. The molecule has 0 aromatic heterocycles. The number of ether oxygens (including phenoxy) is 2. The third kappa shape index (κ3) is 13.8. The third-order valence-corrected chi connectivity index (χ3v) is 5.94. The highest BCUT2D eigenvalue weighted by molar-refractivity contribution is 4.86. The third-order valence-electron chi connectivity index (χ3n) is 5.94. The Kier molecular flexibility index (Phi) is 17.7. The first-order valence-electron chi connectivity index (χ1n) is 12.5. The molecule has 0 aliphatic carbocycles. The van der Waals surface area contributed by atoms with Gasteiger partial charge in [0.05, 0.1) is 13.2 Å². The van der Waals surface area contributed by atoms with Gasteiger partial charge in [-0.15, -0.1) is 0 Å². The summed E-state index contributed by atoms with van der Waals surface area (Å²) < 4.78 is 10.9. The van der Waals surface area contributed by atoms with Gasteiger partial charge < -0.3 is 24.8 Å². The molecule has 5 heteroatoms. The molecule has 0 radical (unpaired) electrons. The Bertz CT molecular complexity index is 401. The van der Waals surface area contributed by atoms with Gasteiger partial charge in [0.25, 0.3) is 0 Å². The lowest BCUT2D eigenvalue weighted by molar-refractivity contribution is -0.199. The Morgan fingerprint density at radius 3 is 1.87 bits per heavy atom. The van der Waals surface area contributed by atoms with Crippen LogP contribution in [0.3, 0.4) is 0 Å². The van der Waals surface area contributed by atoms with E-state index in [9.17, 15) is 15.3 Å². The molecule has 5 nitrogen and oxygen atoms in total. The number of hydrogen-bond acceptors (Lipinski definition) is 5. The molecule has 0 amide bonds. The van der Waals surface area contributed by atoms with Crippen LogP contribution in [0.4, 0.5) is 0 Å². The summed E-state index contributed by atoms with van der Waals surface area (Å²) >= 11 is 0. The van der Waals surface area contributed by atoms with Gasteiger partial charge in [-0.05, 0) is 32.1 Å². The predicted molar refractivity (Wildman–Crippen MR) is 123 cm³/mol. The molecule has 3 N–H and O–H groups in total. The molecule has 4 atom stereocenters. The van der Waals surface area contributed by atoms with Gasteiger partial charge in [0, 0.05) is 6.61 Å². The summed E-state index contributed by atoms with van der Waals surface area (Å²) in [5.74, 6) is 0. The average molecular weight is 429 g/mol. The highest BCUT2D eigenvalue weighted by atomic mass is 16.6. The van der Waals surface area contributed by atoms with Gasteiger partial charge in [-0.1, -0.05) is 83.3 Å². The Morgan fingerprint density at radius 2 is 1.27 bits per heavy atom. The van der Waals surface area contributed by atoms with Crippen LogP contribution in [-0.4, -0.2) is 59.6 Å². The molecular weight excluding hydrogens is 380 g/mol. The second kappa shape index (κ2) is 19.2. The second-order valence-electron chi connectivity index (χ2n) is 8.79. The monoisotopic (exact) mass is 428 g/mol. The maximum absolute atomic E-state index is 9.84. The lowest BCUT2D eigenvalue weighted by atomic mass is 10.0. The first-order valence-corrected chi connectivity index (χ1v) is 12.5. The molecule has 0 saturated carbocycles. The van der Waals surface area contributed by atoms with E-state index in [0.717, 1.165) is 6.42 Å². The van der Waals surface area contributed by atoms with Crippen LogP contribution < -0.4 is 0 Å². The lowest BCUT2D eigenvalue weighted by Gasteiger charge is -2.35. The summed E-state index contributed by atoms with van der Waals surface area (Å²) in [6, 6.07) is 0. The van der Waals surface area contributed by atoms with Gasteiger partial charge in [-0.2, -0.15) is 0 Å². The van der Waals surface area contributed by atoms with Gasteiger partial charge in [-0.25, -0.2) is 0 Å². The zero-order chi connectivity index (χ0) is 21.9. The number of aliphatic hydroxyl groups is 3. The van der Waals surface area contributed by atoms with E-state index < -0.39 is 24.4 Å². The topological polar surface area (TPSA) is 79.2 Å². The van der Waals surface area contributed by atoms with Crippen LogP contribution >= 0.6 is 0 Å². The summed E-state index contributed by atoms with van der Waals surface area (Å²) in [6.07, 6.45) is 20.3. The van der Waals surface area contributed by atoms with E-state index >= 15 is 0 Å². The van der Waals surface area contributed by atoms with Gasteiger partial charge in [-0.3, -0.25) is 0 Å². The van der Waals surface area contributed by atoms with E-state index in [2.05, 4.69) is 19.1 Å². The molecule has 1 rings (SSSR count). The molecular formula is C25H48O5. The quantitative estimate of drug-likeness (QED) is 0.201. The van der Waals surface area contributed by atoms with Crippen LogP contribution in [0.25, 0.3) is 0 Å². The maximum Gasteiger partial charge on any atom is 0.111 e. The first-order chi connectivity index (χ1) is 14.7. The maximum atomic E-state index is 9.84. The molecule has 1 saturated heterocycles. The zero-order valence-corrected chi connectivity index (χ0v) is 19.4. The minimum atomic E-state index is -1.15. The second-order valence-corrected chi connectivity index (χ2v) is 8.79. The highest BCUT2D eigenvalue weighted by Gasteiger charge is 2.37. The molecule has 0 aromatic rings. The molecule has 1 aliphatic heterocycles. The summed E-state index contributed by atoms with van der Waals surface area (Å²) in [7, 11) is 0. The molecule has 0 unspecified atom stereocenters. The standard InChI is InChI=1S/C25H48O5/c1-2-3-4-5-6-7-8-9-10-11-12-13-14-15-16-17-18-19-29-21-23-25(28)24(27)22(26)20-30-23/h7-8,22-28H,2-6,9-21H2,1H3/b8-7+/t22-,23+,24+,25+/m0/s1. The largest absolute Gasteiger partial charge is 0.388 e. The minimum absolute atomic E-state index is 0.0437. The highest BCUT2D eigenvalue weighted by Crippen LogP contribution is 2.16. The molecule has 0 spiro atoms. The smallest absolute Gasteiger partial charge is 0.111 e. The number of aliphatic hydroxyl groups excluding tert-OH is 3. The van der Waals surface area contributed by atoms with Gasteiger partial charge in [0.15, 0.2) is 0 Å². The normalized spacial score (nSPS) is 24.7. The van der Waals surface area contributed by atoms with Gasteiger partial charge in [0.2, 0.25) is 0 Å². The van der Waals surface area contributed by atoms with Crippen LogP contribution in [0.2, 0.25) is 0 Å². The SMILES string of the molecule is CCCCCC/C=C/CCCCCCCCCCCOC[C@H]1OC[C@H](O)[C@@H](O)[C@@H]1O. The van der Waals surface area contributed by atoms with E-state index in [1.807, 2.05) is 0 Å². The fourth-order valence-corrected chi connectivity index (χ4v) is 3.84. The summed E-state index contributed by atoms with van der Waals surface area (Å²) in [4.78, 5) is 0. The number of unbranched alkanes of at least 4 members (excludes halogenated alkanes) is 13. The van der Waals surface area contributed by atoms with Crippen molar-refractivity contribution in [3.8, 4) is 0 Å². The van der Waals surface area contributed by atoms with Crippen molar-refractivity contribution < 1.29 is 24.8 Å². The molecule has 1 heterocycles. The Hall–Kier alpha value is -0.460. The Morgan fingerprint density at radius 1 is 0.733 bits per heavy atom. The van der Waals surface area contributed by atoms with E-state index in [0.29, 0.717) is 6.61 Å². The van der Waals surface area contributed by atoms with Crippen LogP contribution in [0.5, 0.6) is 0 Å². The van der Waals surface area contributed by atoms with Crippen molar-refractivity contribution in [1.29, 1.82) is 0 Å². The summed E-state index contributed by atoms with van der Waals surface area (Å²) in [5, 5.41) is 28.9. The number of allylic oxidation sites excluding steroid dienone is 2. The molecule has 0 aromatic carbocycles. The minimum Gasteiger partial charge on any atom is -0.388 e. The van der Waals surface area contributed by atoms with Crippen LogP contribution in [0.15, 0.2) is 12.2 Å². The molecule has 178 valence electrons. The van der Waals surface area contributed by atoms with Crippen molar-refractivity contribution in [3.05, 3.63) is 12.2 Å². The van der Waals surface area contributed by atoms with Crippen molar-refractivity contribution in [2.45, 2.75) is 128 Å². The van der Waals surface area contributed by atoms with Crippen molar-refractivity contribution in [2.24, 2.45) is 0 Å². The zero-order valence-electron chi connectivity index (χ0n) is 19.4. The Labute approximate surface area is 184 Å². The summed E-state index contributed by atoms with van der Waals surface area (Å²) in [6.45, 7) is 3.22. The van der Waals surface area contributed by atoms with Crippen LogP contribution in [0.1, 0.15) is 103 Å². The molecule has 1 aliphatic rings. The van der Waals surface area contributed by atoms with Gasteiger partial charge >= 0.3 is 0 Å². The average Bonchev–Trinajstić information content (AvgIpc) is 2.75. The first kappa shape index (κ1) is 27.6. The fourth-order valence-electron chi connectivity index (χ4n) is 3.84. The van der Waals surface area contributed by atoms with E-state index in [4.69, 9.17) is 9.47 Å². The van der Waals surface area contributed by atoms with Crippen molar-refractivity contribution in [2.75, 3.05) is 19.8 Å². The number of hydrogen-bond donors (Lipinski definition) is 3. The fraction of sp³-hybridized carbons (Fsp3) is 0.920. The van der Waals surface area contributed by atoms with E-state index in [-0.39, 0.29) is 13.2 Å². The van der Waals surface area contributed by atoms with Gasteiger partial charge in [0.1, 0.15) is 24.4 Å². The van der Waals surface area contributed by atoms with Crippen LogP contribution in [0, 0.1) is 0 Å². The predicted octanol–water partition coefficient (Wildman–Crippen LogP) is 4.91. The molecule has 0 bridgehead atoms. The van der Waals surface area contributed by atoms with Crippen molar-refractivity contribution in [3.63, 3.8) is 0 Å². The van der Waals surface area contributed by atoms with Crippen molar-refractivity contribution >= 4 is 0 Å². The lowest BCUT2D eigenvalue weighted by Crippen LogP contribution is -2.54.